The average molecular weight is 409 g/mol. The molecule has 1 atom stereocenters. The zero-order valence-corrected chi connectivity index (χ0v) is 17.7. The van der Waals surface area contributed by atoms with Gasteiger partial charge in [0.05, 0.1) is 0 Å². The molecular formula is C22H34F2N4O. The minimum absolute atomic E-state index is 0.417. The summed E-state index contributed by atoms with van der Waals surface area (Å²) in [4.78, 5) is 9.20. The van der Waals surface area contributed by atoms with Crippen LogP contribution >= 0.6 is 0 Å². The van der Waals surface area contributed by atoms with Crippen LogP contribution in [-0.2, 0) is 4.74 Å². The van der Waals surface area contributed by atoms with E-state index in [4.69, 9.17) is 9.73 Å². The summed E-state index contributed by atoms with van der Waals surface area (Å²) in [6.07, 6.45) is 4.48. The summed E-state index contributed by atoms with van der Waals surface area (Å²) in [6.45, 7) is 8.10. The van der Waals surface area contributed by atoms with Gasteiger partial charge >= 0.3 is 0 Å². The monoisotopic (exact) mass is 408 g/mol. The smallest absolute Gasteiger partial charge is 0.193 e. The number of anilines is 1. The quantitative estimate of drug-likeness (QED) is 0.554. The minimum atomic E-state index is -0.798. The van der Waals surface area contributed by atoms with Crippen LogP contribution in [0.1, 0.15) is 32.6 Å². The second kappa shape index (κ2) is 10.8. The number of aliphatic imine (C=N–C) groups is 1. The van der Waals surface area contributed by atoms with Gasteiger partial charge in [-0.2, -0.15) is 0 Å². The highest BCUT2D eigenvalue weighted by atomic mass is 19.2. The highest BCUT2D eigenvalue weighted by Crippen LogP contribution is 2.25. The normalized spacial score (nSPS) is 20.9. The maximum Gasteiger partial charge on any atom is 0.193 e. The predicted octanol–water partition coefficient (Wildman–Crippen LogP) is 3.51. The van der Waals surface area contributed by atoms with E-state index in [1.165, 1.54) is 12.1 Å². The standard InChI is InChI=1S/C22H34F2N4O/c1-3-25-22(27(2)10-6-17-8-12-29-13-9-17)26-15-18-7-11-28(16-18)19-4-5-20(23)21(24)14-19/h4-5,14,17-18H,3,6-13,15-16H2,1-2H3,(H,25,26). The third-order valence-electron chi connectivity index (χ3n) is 5.96. The van der Waals surface area contributed by atoms with Gasteiger partial charge in [0.15, 0.2) is 17.6 Å². The third kappa shape index (κ3) is 6.29. The molecule has 0 spiro atoms. The van der Waals surface area contributed by atoms with Gasteiger partial charge in [0, 0.05) is 64.7 Å². The Hall–Kier alpha value is -1.89. The largest absolute Gasteiger partial charge is 0.381 e. The highest BCUT2D eigenvalue weighted by Gasteiger charge is 2.23. The molecule has 1 aromatic rings. The SMILES string of the molecule is CCNC(=NCC1CCN(c2ccc(F)c(F)c2)C1)N(C)CCC1CCOCC1. The summed E-state index contributed by atoms with van der Waals surface area (Å²) in [5.41, 5.74) is 0.746. The van der Waals surface area contributed by atoms with Gasteiger partial charge in [0.25, 0.3) is 0 Å². The molecule has 1 aromatic carbocycles. The summed E-state index contributed by atoms with van der Waals surface area (Å²) < 4.78 is 32.1. The van der Waals surface area contributed by atoms with Crippen molar-refractivity contribution < 1.29 is 13.5 Å². The van der Waals surface area contributed by atoms with Crippen molar-refractivity contribution in [3.63, 3.8) is 0 Å². The van der Waals surface area contributed by atoms with E-state index in [9.17, 15) is 8.78 Å². The molecule has 0 radical (unpaired) electrons. The van der Waals surface area contributed by atoms with Crippen molar-refractivity contribution in [3.05, 3.63) is 29.8 Å². The van der Waals surface area contributed by atoms with Gasteiger partial charge in [-0.1, -0.05) is 0 Å². The van der Waals surface area contributed by atoms with Gasteiger partial charge < -0.3 is 19.9 Å². The summed E-state index contributed by atoms with van der Waals surface area (Å²) >= 11 is 0. The lowest BCUT2D eigenvalue weighted by atomic mass is 9.96. The van der Waals surface area contributed by atoms with Gasteiger partial charge in [-0.15, -0.1) is 0 Å². The summed E-state index contributed by atoms with van der Waals surface area (Å²) in [5.74, 6) is 0.526. The molecular weight excluding hydrogens is 374 g/mol. The minimum Gasteiger partial charge on any atom is -0.381 e. The lowest BCUT2D eigenvalue weighted by molar-refractivity contribution is 0.0625. The van der Waals surface area contributed by atoms with Crippen LogP contribution in [0.5, 0.6) is 0 Å². The van der Waals surface area contributed by atoms with E-state index in [1.807, 2.05) is 0 Å². The van der Waals surface area contributed by atoms with Crippen molar-refractivity contribution in [2.24, 2.45) is 16.8 Å². The zero-order valence-electron chi connectivity index (χ0n) is 17.7. The average Bonchev–Trinajstić information content (AvgIpc) is 3.21. The van der Waals surface area contributed by atoms with Crippen LogP contribution in [0.4, 0.5) is 14.5 Å². The molecule has 2 saturated heterocycles. The number of benzene rings is 1. The topological polar surface area (TPSA) is 40.1 Å². The maximum absolute atomic E-state index is 13.5. The van der Waals surface area contributed by atoms with E-state index in [0.717, 1.165) is 89.2 Å². The molecule has 162 valence electrons. The Labute approximate surface area is 173 Å². The van der Waals surface area contributed by atoms with Crippen LogP contribution in [-0.4, -0.2) is 63.8 Å². The first kappa shape index (κ1) is 21.8. The van der Waals surface area contributed by atoms with Crippen LogP contribution in [0.2, 0.25) is 0 Å². The van der Waals surface area contributed by atoms with Gasteiger partial charge in [-0.25, -0.2) is 8.78 Å². The lowest BCUT2D eigenvalue weighted by Gasteiger charge is -2.27. The van der Waals surface area contributed by atoms with E-state index >= 15 is 0 Å². The highest BCUT2D eigenvalue weighted by molar-refractivity contribution is 5.79. The number of nitrogens with zero attached hydrogens (tertiary/aromatic N) is 3. The van der Waals surface area contributed by atoms with Crippen LogP contribution in [0.15, 0.2) is 23.2 Å². The van der Waals surface area contributed by atoms with Crippen LogP contribution < -0.4 is 10.2 Å². The number of ether oxygens (including phenoxy) is 1. The molecule has 0 bridgehead atoms. The van der Waals surface area contributed by atoms with E-state index < -0.39 is 11.6 Å². The molecule has 0 saturated carbocycles. The second-order valence-electron chi connectivity index (χ2n) is 8.16. The fraction of sp³-hybridized carbons (Fsp3) is 0.682. The first-order valence-electron chi connectivity index (χ1n) is 10.8. The number of nitrogens with one attached hydrogen (secondary N) is 1. The number of rotatable bonds is 7. The van der Waals surface area contributed by atoms with E-state index in [-0.39, 0.29) is 0 Å². The molecule has 29 heavy (non-hydrogen) atoms. The van der Waals surface area contributed by atoms with Crippen LogP contribution in [0.25, 0.3) is 0 Å². The second-order valence-corrected chi connectivity index (χ2v) is 8.16. The van der Waals surface area contributed by atoms with E-state index in [2.05, 4.69) is 29.1 Å². The van der Waals surface area contributed by atoms with Crippen LogP contribution in [0.3, 0.4) is 0 Å². The number of guanidine groups is 1. The Bertz CT molecular complexity index is 679. The Kier molecular flexibility index (Phi) is 8.09. The molecule has 2 aliphatic rings. The first-order chi connectivity index (χ1) is 14.1. The summed E-state index contributed by atoms with van der Waals surface area (Å²) in [7, 11) is 2.10. The first-order valence-corrected chi connectivity index (χ1v) is 10.8. The van der Waals surface area contributed by atoms with Gasteiger partial charge in [-0.05, 0) is 56.6 Å². The summed E-state index contributed by atoms with van der Waals surface area (Å²) in [6, 6.07) is 4.14. The molecule has 2 fully saturated rings. The van der Waals surface area contributed by atoms with E-state index in [0.29, 0.717) is 5.92 Å². The molecule has 1 unspecified atom stereocenters. The Morgan fingerprint density at radius 1 is 1.21 bits per heavy atom. The predicted molar refractivity (Wildman–Crippen MR) is 113 cm³/mol. The van der Waals surface area contributed by atoms with Gasteiger partial charge in [0.1, 0.15) is 0 Å². The Morgan fingerprint density at radius 3 is 2.72 bits per heavy atom. The fourth-order valence-corrected chi connectivity index (χ4v) is 4.10. The van der Waals surface area contributed by atoms with E-state index in [1.54, 1.807) is 6.07 Å². The molecule has 0 aliphatic carbocycles. The van der Waals surface area contributed by atoms with Crippen LogP contribution in [0, 0.1) is 23.5 Å². The molecule has 0 amide bonds. The Balaban J connectivity index is 1.50. The van der Waals surface area contributed by atoms with Crippen molar-refractivity contribution >= 4 is 11.6 Å². The zero-order chi connectivity index (χ0) is 20.6. The number of halogens is 2. The molecule has 7 heteroatoms. The molecule has 2 heterocycles. The molecule has 1 N–H and O–H groups in total. The van der Waals surface area contributed by atoms with Crippen molar-refractivity contribution in [1.29, 1.82) is 0 Å². The maximum atomic E-state index is 13.5. The summed E-state index contributed by atoms with van der Waals surface area (Å²) in [5, 5.41) is 3.40. The van der Waals surface area contributed by atoms with Gasteiger partial charge in [0.2, 0.25) is 0 Å². The third-order valence-corrected chi connectivity index (χ3v) is 5.96. The van der Waals surface area contributed by atoms with Gasteiger partial charge in [-0.3, -0.25) is 4.99 Å². The molecule has 2 aliphatic heterocycles. The fourth-order valence-electron chi connectivity index (χ4n) is 4.10. The lowest BCUT2D eigenvalue weighted by Crippen LogP contribution is -2.40. The molecule has 0 aromatic heterocycles. The molecule has 3 rings (SSSR count). The Morgan fingerprint density at radius 2 is 2.00 bits per heavy atom. The molecule has 5 nitrogen and oxygen atoms in total. The number of hydrogen-bond acceptors (Lipinski definition) is 3. The van der Waals surface area contributed by atoms with Crippen molar-refractivity contribution in [2.45, 2.75) is 32.6 Å². The van der Waals surface area contributed by atoms with Crippen molar-refractivity contribution in [1.82, 2.24) is 10.2 Å². The van der Waals surface area contributed by atoms with Crippen molar-refractivity contribution in [2.75, 3.05) is 57.9 Å². The van der Waals surface area contributed by atoms with Crippen molar-refractivity contribution in [3.8, 4) is 0 Å². The number of hydrogen-bond donors (Lipinski definition) is 1.